The van der Waals surface area contributed by atoms with Gasteiger partial charge in [0, 0.05) is 45.2 Å². The molecule has 1 heterocycles. The Balaban J connectivity index is 1.79. The van der Waals surface area contributed by atoms with E-state index >= 15 is 0 Å². The summed E-state index contributed by atoms with van der Waals surface area (Å²) in [7, 11) is 1.73. The van der Waals surface area contributed by atoms with Crippen molar-refractivity contribution in [2.75, 3.05) is 46.4 Å². The lowest BCUT2D eigenvalue weighted by molar-refractivity contribution is -0.132. The molecule has 2 rings (SSSR count). The molecule has 0 radical (unpaired) electrons. The summed E-state index contributed by atoms with van der Waals surface area (Å²) < 4.78 is 5.12. The SMILES string of the molecule is COCCN1CCCN(C(=O)CC2(N)CCCC2)CC1. The molecule has 2 fully saturated rings. The number of hydrogen-bond donors (Lipinski definition) is 1. The van der Waals surface area contributed by atoms with Gasteiger partial charge in [0.25, 0.3) is 0 Å². The molecular formula is C15H29N3O2. The van der Waals surface area contributed by atoms with E-state index < -0.39 is 0 Å². The molecule has 0 aromatic carbocycles. The lowest BCUT2D eigenvalue weighted by Crippen LogP contribution is -2.44. The van der Waals surface area contributed by atoms with Gasteiger partial charge >= 0.3 is 0 Å². The minimum Gasteiger partial charge on any atom is -0.383 e. The van der Waals surface area contributed by atoms with Gasteiger partial charge in [-0.1, -0.05) is 12.8 Å². The zero-order valence-electron chi connectivity index (χ0n) is 12.8. The number of carbonyl (C=O) groups is 1. The molecule has 0 bridgehead atoms. The molecule has 5 nitrogen and oxygen atoms in total. The van der Waals surface area contributed by atoms with Gasteiger partial charge in [0.15, 0.2) is 0 Å². The third-order valence-corrected chi connectivity index (χ3v) is 4.66. The second-order valence-electron chi connectivity index (χ2n) is 6.32. The van der Waals surface area contributed by atoms with Gasteiger partial charge in [-0.15, -0.1) is 0 Å². The summed E-state index contributed by atoms with van der Waals surface area (Å²) in [6.07, 6.45) is 5.94. The highest BCUT2D eigenvalue weighted by Crippen LogP contribution is 2.30. The van der Waals surface area contributed by atoms with Crippen LogP contribution in [0.15, 0.2) is 0 Å². The van der Waals surface area contributed by atoms with Crippen molar-refractivity contribution in [1.29, 1.82) is 0 Å². The highest BCUT2D eigenvalue weighted by molar-refractivity contribution is 5.77. The minimum atomic E-state index is -0.223. The summed E-state index contributed by atoms with van der Waals surface area (Å²) in [5.41, 5.74) is 6.10. The smallest absolute Gasteiger partial charge is 0.224 e. The normalized spacial score (nSPS) is 23.8. The first kappa shape index (κ1) is 15.7. The summed E-state index contributed by atoms with van der Waals surface area (Å²) in [4.78, 5) is 16.8. The van der Waals surface area contributed by atoms with E-state index in [0.29, 0.717) is 6.42 Å². The van der Waals surface area contributed by atoms with Gasteiger partial charge in [-0.3, -0.25) is 9.69 Å². The molecule has 5 heteroatoms. The quantitative estimate of drug-likeness (QED) is 0.812. The lowest BCUT2D eigenvalue weighted by atomic mass is 9.94. The number of rotatable bonds is 5. The Morgan fingerprint density at radius 2 is 1.90 bits per heavy atom. The summed E-state index contributed by atoms with van der Waals surface area (Å²) in [5.74, 6) is 0.253. The second kappa shape index (κ2) is 7.38. The van der Waals surface area contributed by atoms with Crippen LogP contribution in [0.25, 0.3) is 0 Å². The standard InChI is InChI=1S/C15H29N3O2/c1-20-12-11-17-7-4-8-18(10-9-17)14(19)13-15(16)5-2-3-6-15/h2-13,16H2,1H3. The van der Waals surface area contributed by atoms with Crippen LogP contribution in [0.3, 0.4) is 0 Å². The molecule has 20 heavy (non-hydrogen) atoms. The molecule has 0 aromatic rings. The van der Waals surface area contributed by atoms with Gasteiger partial charge in [-0.05, 0) is 25.8 Å². The molecule has 1 saturated heterocycles. The van der Waals surface area contributed by atoms with E-state index in [2.05, 4.69) is 4.90 Å². The summed E-state index contributed by atoms with van der Waals surface area (Å²) in [6.45, 7) is 5.43. The Hall–Kier alpha value is -0.650. The molecule has 1 aliphatic heterocycles. The lowest BCUT2D eigenvalue weighted by Gasteiger charge is -2.28. The van der Waals surface area contributed by atoms with Crippen molar-refractivity contribution in [2.24, 2.45) is 5.73 Å². The van der Waals surface area contributed by atoms with Crippen LogP contribution in [0.5, 0.6) is 0 Å². The zero-order valence-corrected chi connectivity index (χ0v) is 12.8. The Labute approximate surface area is 122 Å². The van der Waals surface area contributed by atoms with E-state index in [1.807, 2.05) is 4.90 Å². The molecular weight excluding hydrogens is 254 g/mol. The van der Waals surface area contributed by atoms with Crippen LogP contribution in [0.4, 0.5) is 0 Å². The molecule has 0 spiro atoms. The molecule has 2 N–H and O–H groups in total. The largest absolute Gasteiger partial charge is 0.383 e. The van der Waals surface area contributed by atoms with Crippen LogP contribution in [0, 0.1) is 0 Å². The molecule has 0 aromatic heterocycles. The molecule has 116 valence electrons. The van der Waals surface area contributed by atoms with E-state index in [9.17, 15) is 4.79 Å². The van der Waals surface area contributed by atoms with Gasteiger partial charge in [0.2, 0.25) is 5.91 Å². The fourth-order valence-electron chi connectivity index (χ4n) is 3.33. The number of nitrogens with zero attached hydrogens (tertiary/aromatic N) is 2. The van der Waals surface area contributed by atoms with E-state index in [0.717, 1.165) is 58.6 Å². The van der Waals surface area contributed by atoms with Gasteiger partial charge in [-0.25, -0.2) is 0 Å². The number of hydrogen-bond acceptors (Lipinski definition) is 4. The molecule has 1 saturated carbocycles. The average molecular weight is 283 g/mol. The number of amides is 1. The Bertz CT molecular complexity index is 316. The van der Waals surface area contributed by atoms with Crippen LogP contribution < -0.4 is 5.73 Å². The first-order valence-electron chi connectivity index (χ1n) is 7.91. The van der Waals surface area contributed by atoms with Crippen molar-refractivity contribution >= 4 is 5.91 Å². The van der Waals surface area contributed by atoms with Crippen molar-refractivity contribution in [1.82, 2.24) is 9.80 Å². The van der Waals surface area contributed by atoms with E-state index in [4.69, 9.17) is 10.5 Å². The Morgan fingerprint density at radius 1 is 1.15 bits per heavy atom. The molecule has 1 aliphatic carbocycles. The third kappa shape index (κ3) is 4.43. The Kier molecular flexibility index (Phi) is 5.81. The second-order valence-corrected chi connectivity index (χ2v) is 6.32. The van der Waals surface area contributed by atoms with Crippen molar-refractivity contribution in [3.63, 3.8) is 0 Å². The predicted molar refractivity (Wildman–Crippen MR) is 79.5 cm³/mol. The maximum Gasteiger partial charge on any atom is 0.224 e. The summed E-state index contributed by atoms with van der Waals surface area (Å²) in [6, 6.07) is 0. The topological polar surface area (TPSA) is 58.8 Å². The van der Waals surface area contributed by atoms with Crippen LogP contribution in [-0.4, -0.2) is 67.7 Å². The van der Waals surface area contributed by atoms with E-state index in [1.54, 1.807) is 7.11 Å². The van der Waals surface area contributed by atoms with Crippen molar-refractivity contribution in [3.8, 4) is 0 Å². The summed E-state index contributed by atoms with van der Waals surface area (Å²) >= 11 is 0. The van der Waals surface area contributed by atoms with Gasteiger partial charge in [0.1, 0.15) is 0 Å². The predicted octanol–water partition coefficient (Wildman–Crippen LogP) is 0.829. The summed E-state index contributed by atoms with van der Waals surface area (Å²) in [5, 5.41) is 0. The zero-order chi connectivity index (χ0) is 14.4. The van der Waals surface area contributed by atoms with Crippen LogP contribution in [-0.2, 0) is 9.53 Å². The number of carbonyl (C=O) groups excluding carboxylic acids is 1. The molecule has 0 atom stereocenters. The maximum absolute atomic E-state index is 12.4. The highest BCUT2D eigenvalue weighted by Gasteiger charge is 2.33. The molecule has 1 amide bonds. The van der Waals surface area contributed by atoms with E-state index in [-0.39, 0.29) is 11.4 Å². The number of ether oxygens (including phenoxy) is 1. The van der Waals surface area contributed by atoms with E-state index in [1.165, 1.54) is 12.8 Å². The van der Waals surface area contributed by atoms with Crippen LogP contribution in [0.2, 0.25) is 0 Å². The van der Waals surface area contributed by atoms with Crippen molar-refractivity contribution in [2.45, 2.75) is 44.1 Å². The van der Waals surface area contributed by atoms with Gasteiger partial charge in [-0.2, -0.15) is 0 Å². The Morgan fingerprint density at radius 3 is 2.60 bits per heavy atom. The first-order chi connectivity index (χ1) is 9.63. The highest BCUT2D eigenvalue weighted by atomic mass is 16.5. The first-order valence-corrected chi connectivity index (χ1v) is 7.91. The number of methoxy groups -OCH3 is 1. The van der Waals surface area contributed by atoms with Crippen molar-refractivity contribution in [3.05, 3.63) is 0 Å². The number of nitrogens with two attached hydrogens (primary N) is 1. The maximum atomic E-state index is 12.4. The third-order valence-electron chi connectivity index (χ3n) is 4.66. The fraction of sp³-hybridized carbons (Fsp3) is 0.933. The monoisotopic (exact) mass is 283 g/mol. The van der Waals surface area contributed by atoms with Crippen molar-refractivity contribution < 1.29 is 9.53 Å². The van der Waals surface area contributed by atoms with Gasteiger partial charge < -0.3 is 15.4 Å². The minimum absolute atomic E-state index is 0.223. The average Bonchev–Trinajstić information content (AvgIpc) is 2.72. The van der Waals surface area contributed by atoms with Crippen LogP contribution >= 0.6 is 0 Å². The molecule has 0 unspecified atom stereocenters. The van der Waals surface area contributed by atoms with Crippen LogP contribution in [0.1, 0.15) is 38.5 Å². The fourth-order valence-corrected chi connectivity index (χ4v) is 3.33. The molecule has 2 aliphatic rings. The van der Waals surface area contributed by atoms with Gasteiger partial charge in [0.05, 0.1) is 6.61 Å².